The van der Waals surface area contributed by atoms with Crippen molar-refractivity contribution in [2.24, 2.45) is 0 Å². The Bertz CT molecular complexity index is 1400. The van der Waals surface area contributed by atoms with Crippen LogP contribution in [0, 0.1) is 0 Å². The molecule has 4 aromatic rings. The first-order valence-electron chi connectivity index (χ1n) is 12.6. The molecule has 7 heteroatoms. The molecule has 1 N–H and O–H groups in total. The Labute approximate surface area is 236 Å². The smallest absolute Gasteiger partial charge is 0.261 e. The van der Waals surface area contributed by atoms with Crippen molar-refractivity contribution in [2.45, 2.75) is 32.4 Å². The van der Waals surface area contributed by atoms with Gasteiger partial charge in [-0.25, -0.2) is 0 Å². The SMILES string of the molecule is CCCNC(=O)[C@H](Cc1ccccc1)N(Cc1cccc(Cl)c1)C(=O)COc1ccc2ccccc2c1Br. The molecule has 0 aromatic heterocycles. The van der Waals surface area contributed by atoms with Gasteiger partial charge in [-0.3, -0.25) is 9.59 Å². The zero-order valence-electron chi connectivity index (χ0n) is 21.2. The first kappa shape index (κ1) is 27.7. The third kappa shape index (κ3) is 7.15. The lowest BCUT2D eigenvalue weighted by Gasteiger charge is -2.31. The minimum Gasteiger partial charge on any atom is -0.483 e. The molecule has 0 fully saturated rings. The van der Waals surface area contributed by atoms with Crippen molar-refractivity contribution >= 4 is 50.1 Å². The van der Waals surface area contributed by atoms with E-state index in [4.69, 9.17) is 16.3 Å². The van der Waals surface area contributed by atoms with Gasteiger partial charge in [0.1, 0.15) is 11.8 Å². The average molecular weight is 594 g/mol. The lowest BCUT2D eigenvalue weighted by Crippen LogP contribution is -2.51. The summed E-state index contributed by atoms with van der Waals surface area (Å²) in [5, 5.41) is 5.61. The van der Waals surface area contributed by atoms with Gasteiger partial charge in [-0.1, -0.05) is 91.3 Å². The number of hydrogen-bond acceptors (Lipinski definition) is 3. The number of halogens is 2. The highest BCUT2D eigenvalue weighted by molar-refractivity contribution is 9.10. The normalized spacial score (nSPS) is 11.7. The van der Waals surface area contributed by atoms with Crippen molar-refractivity contribution in [1.29, 1.82) is 0 Å². The lowest BCUT2D eigenvalue weighted by molar-refractivity contribution is -0.142. The molecule has 0 aliphatic rings. The molecule has 1 atom stereocenters. The largest absolute Gasteiger partial charge is 0.483 e. The highest BCUT2D eigenvalue weighted by atomic mass is 79.9. The van der Waals surface area contributed by atoms with Crippen LogP contribution in [0.5, 0.6) is 5.75 Å². The Morgan fingerprint density at radius 2 is 1.68 bits per heavy atom. The molecule has 4 rings (SSSR count). The van der Waals surface area contributed by atoms with Gasteiger partial charge in [-0.05, 0) is 62.4 Å². The summed E-state index contributed by atoms with van der Waals surface area (Å²) in [7, 11) is 0. The predicted octanol–water partition coefficient (Wildman–Crippen LogP) is 6.80. The fraction of sp³-hybridized carbons (Fsp3) is 0.226. The van der Waals surface area contributed by atoms with Crippen molar-refractivity contribution in [3.05, 3.63) is 112 Å². The summed E-state index contributed by atoms with van der Waals surface area (Å²) in [6, 6.07) is 28.1. The molecule has 5 nitrogen and oxygen atoms in total. The highest BCUT2D eigenvalue weighted by Crippen LogP contribution is 2.33. The van der Waals surface area contributed by atoms with Crippen molar-refractivity contribution < 1.29 is 14.3 Å². The van der Waals surface area contributed by atoms with E-state index in [1.807, 2.05) is 91.9 Å². The van der Waals surface area contributed by atoms with Crippen molar-refractivity contribution in [3.63, 3.8) is 0 Å². The number of hydrogen-bond donors (Lipinski definition) is 1. The molecule has 0 aliphatic heterocycles. The minimum absolute atomic E-state index is 0.196. The number of rotatable bonds is 11. The van der Waals surface area contributed by atoms with E-state index in [2.05, 4.69) is 21.2 Å². The molecule has 4 aromatic carbocycles. The van der Waals surface area contributed by atoms with Crippen LogP contribution in [0.1, 0.15) is 24.5 Å². The zero-order valence-corrected chi connectivity index (χ0v) is 23.5. The number of nitrogens with one attached hydrogen (secondary N) is 1. The molecular formula is C31H30BrClN2O3. The molecule has 0 aliphatic carbocycles. The van der Waals surface area contributed by atoms with Crippen LogP contribution in [0.25, 0.3) is 10.8 Å². The molecule has 196 valence electrons. The van der Waals surface area contributed by atoms with E-state index in [1.54, 1.807) is 11.0 Å². The van der Waals surface area contributed by atoms with E-state index in [0.717, 1.165) is 32.8 Å². The molecule has 0 spiro atoms. The maximum absolute atomic E-state index is 13.8. The first-order valence-corrected chi connectivity index (χ1v) is 13.8. The van der Waals surface area contributed by atoms with Crippen LogP contribution in [0.2, 0.25) is 5.02 Å². The molecule has 38 heavy (non-hydrogen) atoms. The summed E-state index contributed by atoms with van der Waals surface area (Å²) in [4.78, 5) is 28.8. The molecule has 2 amide bonds. The quantitative estimate of drug-likeness (QED) is 0.208. The second-order valence-corrected chi connectivity index (χ2v) is 10.3. The lowest BCUT2D eigenvalue weighted by atomic mass is 10.0. The Balaban J connectivity index is 1.63. The summed E-state index contributed by atoms with van der Waals surface area (Å²) in [6.45, 7) is 2.53. The van der Waals surface area contributed by atoms with E-state index >= 15 is 0 Å². The Kier molecular flexibility index (Phi) is 9.79. The number of fused-ring (bicyclic) bond motifs is 1. The maximum Gasteiger partial charge on any atom is 0.261 e. The van der Waals surface area contributed by atoms with Gasteiger partial charge in [0.25, 0.3) is 5.91 Å². The van der Waals surface area contributed by atoms with Crippen LogP contribution < -0.4 is 10.1 Å². The van der Waals surface area contributed by atoms with E-state index in [1.165, 1.54) is 0 Å². The van der Waals surface area contributed by atoms with Crippen LogP contribution in [0.15, 0.2) is 95.5 Å². The second-order valence-electron chi connectivity index (χ2n) is 9.04. The molecule has 0 radical (unpaired) electrons. The van der Waals surface area contributed by atoms with Crippen LogP contribution in [-0.4, -0.2) is 35.9 Å². The zero-order chi connectivity index (χ0) is 26.9. The van der Waals surface area contributed by atoms with Gasteiger partial charge in [0.15, 0.2) is 6.61 Å². The molecular weight excluding hydrogens is 564 g/mol. The van der Waals surface area contributed by atoms with Gasteiger partial charge in [-0.2, -0.15) is 0 Å². The van der Waals surface area contributed by atoms with Gasteiger partial charge in [0.05, 0.1) is 4.47 Å². The van der Waals surface area contributed by atoms with E-state index in [-0.39, 0.29) is 25.0 Å². The summed E-state index contributed by atoms with van der Waals surface area (Å²) >= 11 is 9.87. The fourth-order valence-electron chi connectivity index (χ4n) is 4.30. The predicted molar refractivity (Wildman–Crippen MR) is 156 cm³/mol. The van der Waals surface area contributed by atoms with Crippen molar-refractivity contribution in [1.82, 2.24) is 10.2 Å². The molecule has 0 heterocycles. The molecule has 0 bridgehead atoms. The average Bonchev–Trinajstić information content (AvgIpc) is 2.94. The molecule has 0 saturated heterocycles. The first-order chi connectivity index (χ1) is 18.5. The van der Waals surface area contributed by atoms with E-state index < -0.39 is 6.04 Å². The molecule has 0 saturated carbocycles. The standard InChI is InChI=1S/C31H30BrClN2O3/c1-2-17-34-31(37)27(19-22-9-4-3-5-10-22)35(20-23-11-8-13-25(33)18-23)29(36)21-38-28-16-15-24-12-6-7-14-26(24)30(28)32/h3-16,18,27H,2,17,19-21H2,1H3,(H,34,37)/t27-/m0/s1. The Hall–Kier alpha value is -3.35. The van der Waals surface area contributed by atoms with Gasteiger partial charge in [0.2, 0.25) is 5.91 Å². The number of carbonyl (C=O) groups is 2. The van der Waals surface area contributed by atoms with Gasteiger partial charge < -0.3 is 15.0 Å². The van der Waals surface area contributed by atoms with Crippen molar-refractivity contribution in [2.75, 3.05) is 13.2 Å². The van der Waals surface area contributed by atoms with Crippen molar-refractivity contribution in [3.8, 4) is 5.75 Å². The van der Waals surface area contributed by atoms with E-state index in [9.17, 15) is 9.59 Å². The van der Waals surface area contributed by atoms with Crippen LogP contribution in [0.4, 0.5) is 0 Å². The third-order valence-corrected chi connectivity index (χ3v) is 7.29. The van der Waals surface area contributed by atoms with Gasteiger partial charge in [0, 0.05) is 24.5 Å². The van der Waals surface area contributed by atoms with Crippen LogP contribution >= 0.6 is 27.5 Å². The monoisotopic (exact) mass is 592 g/mol. The highest BCUT2D eigenvalue weighted by Gasteiger charge is 2.30. The second kappa shape index (κ2) is 13.4. The topological polar surface area (TPSA) is 58.6 Å². The fourth-order valence-corrected chi connectivity index (χ4v) is 5.12. The number of ether oxygens (including phenoxy) is 1. The van der Waals surface area contributed by atoms with Crippen LogP contribution in [0.3, 0.4) is 0 Å². The number of amides is 2. The van der Waals surface area contributed by atoms with Crippen LogP contribution in [-0.2, 0) is 22.6 Å². The Morgan fingerprint density at radius 3 is 2.45 bits per heavy atom. The molecule has 0 unspecified atom stereocenters. The number of carbonyl (C=O) groups excluding carboxylic acids is 2. The summed E-state index contributed by atoms with van der Waals surface area (Å²) in [5.74, 6) is 0.0744. The minimum atomic E-state index is -0.723. The number of nitrogens with zero attached hydrogens (tertiary/aromatic N) is 1. The van der Waals surface area contributed by atoms with E-state index in [0.29, 0.717) is 23.7 Å². The third-order valence-electron chi connectivity index (χ3n) is 6.24. The number of benzene rings is 4. The summed E-state index contributed by atoms with van der Waals surface area (Å²) in [5.41, 5.74) is 1.80. The Morgan fingerprint density at radius 1 is 0.947 bits per heavy atom. The van der Waals surface area contributed by atoms with Gasteiger partial charge >= 0.3 is 0 Å². The summed E-state index contributed by atoms with van der Waals surface area (Å²) in [6.07, 6.45) is 1.17. The summed E-state index contributed by atoms with van der Waals surface area (Å²) < 4.78 is 6.80. The van der Waals surface area contributed by atoms with Gasteiger partial charge in [-0.15, -0.1) is 0 Å². The maximum atomic E-state index is 13.8.